The zero-order valence-electron chi connectivity index (χ0n) is 14.3. The summed E-state index contributed by atoms with van der Waals surface area (Å²) < 4.78 is 6.07. The lowest BCUT2D eigenvalue weighted by atomic mass is 10.2. The van der Waals surface area contributed by atoms with Gasteiger partial charge in [0.05, 0.1) is 19.3 Å². The SMILES string of the molecule is COc1ccc(Cl)cc1NC(=O)CN(C)C(=O)C=Cc1ccccc1Br. The number of benzene rings is 2. The molecular formula is C19H18BrClN2O3. The Hall–Kier alpha value is -2.31. The summed E-state index contributed by atoms with van der Waals surface area (Å²) in [7, 11) is 3.06. The Balaban J connectivity index is 1.97. The molecule has 2 aromatic rings. The molecule has 2 rings (SSSR count). The Morgan fingerprint density at radius 1 is 1.27 bits per heavy atom. The third kappa shape index (κ3) is 5.61. The quantitative estimate of drug-likeness (QED) is 0.688. The van der Waals surface area contributed by atoms with Gasteiger partial charge in [-0.05, 0) is 35.9 Å². The van der Waals surface area contributed by atoms with Crippen LogP contribution in [0, 0.1) is 0 Å². The van der Waals surface area contributed by atoms with Gasteiger partial charge in [0.2, 0.25) is 11.8 Å². The molecular weight excluding hydrogens is 420 g/mol. The molecule has 7 heteroatoms. The third-order valence-electron chi connectivity index (χ3n) is 3.50. The molecule has 0 bridgehead atoms. The highest BCUT2D eigenvalue weighted by Gasteiger charge is 2.13. The van der Waals surface area contributed by atoms with Crippen LogP contribution in [0.3, 0.4) is 0 Å². The molecule has 2 aromatic carbocycles. The van der Waals surface area contributed by atoms with Crippen molar-refractivity contribution in [3.63, 3.8) is 0 Å². The molecule has 0 unspecified atom stereocenters. The predicted octanol–water partition coefficient (Wildman–Crippen LogP) is 4.22. The Morgan fingerprint density at radius 3 is 2.69 bits per heavy atom. The first-order valence-corrected chi connectivity index (χ1v) is 8.89. The summed E-state index contributed by atoms with van der Waals surface area (Å²) in [4.78, 5) is 25.7. The van der Waals surface area contributed by atoms with E-state index in [4.69, 9.17) is 16.3 Å². The van der Waals surface area contributed by atoms with Gasteiger partial charge < -0.3 is 15.0 Å². The molecule has 2 amide bonds. The van der Waals surface area contributed by atoms with Crippen molar-refractivity contribution in [2.45, 2.75) is 0 Å². The van der Waals surface area contributed by atoms with Gasteiger partial charge in [0, 0.05) is 22.6 Å². The van der Waals surface area contributed by atoms with Crippen molar-refractivity contribution in [2.75, 3.05) is 26.0 Å². The summed E-state index contributed by atoms with van der Waals surface area (Å²) in [6.45, 7) is -0.102. The molecule has 0 heterocycles. The van der Waals surface area contributed by atoms with E-state index >= 15 is 0 Å². The van der Waals surface area contributed by atoms with Crippen LogP contribution in [0.15, 0.2) is 53.0 Å². The van der Waals surface area contributed by atoms with Crippen molar-refractivity contribution in [3.8, 4) is 5.75 Å². The lowest BCUT2D eigenvalue weighted by Crippen LogP contribution is -2.33. The maximum absolute atomic E-state index is 12.2. The summed E-state index contributed by atoms with van der Waals surface area (Å²) in [5.41, 5.74) is 1.33. The van der Waals surface area contributed by atoms with Crippen molar-refractivity contribution in [1.29, 1.82) is 0 Å². The maximum Gasteiger partial charge on any atom is 0.246 e. The van der Waals surface area contributed by atoms with Gasteiger partial charge in [-0.1, -0.05) is 45.7 Å². The van der Waals surface area contributed by atoms with Crippen LogP contribution >= 0.6 is 27.5 Å². The molecule has 0 atom stereocenters. The van der Waals surface area contributed by atoms with Gasteiger partial charge in [0.15, 0.2) is 0 Å². The number of likely N-dealkylation sites (N-methyl/N-ethyl adjacent to an activating group) is 1. The lowest BCUT2D eigenvalue weighted by molar-refractivity contribution is -0.129. The molecule has 0 radical (unpaired) electrons. The number of hydrogen-bond donors (Lipinski definition) is 1. The zero-order chi connectivity index (χ0) is 19.1. The molecule has 0 spiro atoms. The fourth-order valence-corrected chi connectivity index (χ4v) is 2.75. The molecule has 26 heavy (non-hydrogen) atoms. The number of hydrogen-bond acceptors (Lipinski definition) is 3. The highest BCUT2D eigenvalue weighted by molar-refractivity contribution is 9.10. The van der Waals surface area contributed by atoms with E-state index < -0.39 is 0 Å². The van der Waals surface area contributed by atoms with E-state index in [1.165, 1.54) is 18.1 Å². The van der Waals surface area contributed by atoms with E-state index in [1.807, 2.05) is 24.3 Å². The first-order valence-electron chi connectivity index (χ1n) is 7.72. The summed E-state index contributed by atoms with van der Waals surface area (Å²) >= 11 is 9.36. The first kappa shape index (κ1) is 20.0. The van der Waals surface area contributed by atoms with Crippen molar-refractivity contribution >= 4 is 51.1 Å². The molecule has 0 aliphatic rings. The van der Waals surface area contributed by atoms with Gasteiger partial charge >= 0.3 is 0 Å². The van der Waals surface area contributed by atoms with Gasteiger partial charge in [-0.3, -0.25) is 9.59 Å². The van der Waals surface area contributed by atoms with E-state index in [1.54, 1.807) is 31.3 Å². The second-order valence-electron chi connectivity index (χ2n) is 5.44. The van der Waals surface area contributed by atoms with E-state index in [0.717, 1.165) is 10.0 Å². The molecule has 0 fully saturated rings. The van der Waals surface area contributed by atoms with E-state index in [0.29, 0.717) is 16.5 Å². The second-order valence-corrected chi connectivity index (χ2v) is 6.73. The standard InChI is InChI=1S/C19H18BrClN2O3/c1-23(19(25)10-7-13-5-3-4-6-15(13)20)12-18(24)22-16-11-14(21)8-9-17(16)26-2/h3-11H,12H2,1-2H3,(H,22,24). The highest BCUT2D eigenvalue weighted by atomic mass is 79.9. The van der Waals surface area contributed by atoms with Gasteiger partial charge in [-0.15, -0.1) is 0 Å². The van der Waals surface area contributed by atoms with E-state index in [-0.39, 0.29) is 18.4 Å². The predicted molar refractivity (Wildman–Crippen MR) is 107 cm³/mol. The number of anilines is 1. The maximum atomic E-state index is 12.2. The average molecular weight is 438 g/mol. The van der Waals surface area contributed by atoms with Crippen LogP contribution in [-0.2, 0) is 9.59 Å². The van der Waals surface area contributed by atoms with Gasteiger partial charge in [0.1, 0.15) is 5.75 Å². The molecule has 0 aliphatic heterocycles. The van der Waals surface area contributed by atoms with E-state index in [2.05, 4.69) is 21.2 Å². The fraction of sp³-hybridized carbons (Fsp3) is 0.158. The van der Waals surface area contributed by atoms with Crippen LogP contribution in [0.4, 0.5) is 5.69 Å². The Morgan fingerprint density at radius 2 is 2.00 bits per heavy atom. The number of halogens is 2. The lowest BCUT2D eigenvalue weighted by Gasteiger charge is -2.16. The molecule has 5 nitrogen and oxygen atoms in total. The van der Waals surface area contributed by atoms with Crippen molar-refractivity contribution in [3.05, 3.63) is 63.6 Å². The van der Waals surface area contributed by atoms with Gasteiger partial charge in [0.25, 0.3) is 0 Å². The Kier molecular flexibility index (Phi) is 7.24. The number of nitrogens with one attached hydrogen (secondary N) is 1. The number of ether oxygens (including phenoxy) is 1. The van der Waals surface area contributed by atoms with Crippen LogP contribution in [0.5, 0.6) is 5.75 Å². The normalized spacial score (nSPS) is 10.6. The molecule has 0 saturated carbocycles. The first-order chi connectivity index (χ1) is 12.4. The van der Waals surface area contributed by atoms with Crippen LogP contribution in [0.2, 0.25) is 5.02 Å². The van der Waals surface area contributed by atoms with Gasteiger partial charge in [-0.25, -0.2) is 0 Å². The number of carbonyl (C=O) groups excluding carboxylic acids is 2. The zero-order valence-corrected chi connectivity index (χ0v) is 16.7. The monoisotopic (exact) mass is 436 g/mol. The summed E-state index contributed by atoms with van der Waals surface area (Å²) in [5.74, 6) is -0.143. The Bertz CT molecular complexity index is 839. The number of nitrogens with zero attached hydrogens (tertiary/aromatic N) is 1. The van der Waals surface area contributed by atoms with Crippen molar-refractivity contribution in [2.24, 2.45) is 0 Å². The minimum absolute atomic E-state index is 0.102. The molecule has 1 N–H and O–H groups in total. The minimum atomic E-state index is -0.351. The summed E-state index contributed by atoms with van der Waals surface area (Å²) in [6, 6.07) is 12.5. The number of rotatable bonds is 6. The molecule has 0 aliphatic carbocycles. The highest BCUT2D eigenvalue weighted by Crippen LogP contribution is 2.27. The number of amides is 2. The molecule has 136 valence electrons. The van der Waals surface area contributed by atoms with Crippen LogP contribution in [-0.4, -0.2) is 37.4 Å². The number of methoxy groups -OCH3 is 1. The average Bonchev–Trinajstić information content (AvgIpc) is 2.60. The minimum Gasteiger partial charge on any atom is -0.495 e. The van der Waals surface area contributed by atoms with E-state index in [9.17, 15) is 9.59 Å². The number of carbonyl (C=O) groups is 2. The van der Waals surface area contributed by atoms with Crippen molar-refractivity contribution in [1.82, 2.24) is 4.90 Å². The smallest absolute Gasteiger partial charge is 0.246 e. The van der Waals surface area contributed by atoms with Crippen LogP contribution < -0.4 is 10.1 Å². The molecule has 0 aromatic heterocycles. The summed E-state index contributed by atoms with van der Waals surface area (Å²) in [5, 5.41) is 3.17. The topological polar surface area (TPSA) is 58.6 Å². The Labute approximate surface area is 165 Å². The third-order valence-corrected chi connectivity index (χ3v) is 4.46. The summed E-state index contributed by atoms with van der Waals surface area (Å²) in [6.07, 6.45) is 3.12. The largest absolute Gasteiger partial charge is 0.495 e. The van der Waals surface area contributed by atoms with Crippen molar-refractivity contribution < 1.29 is 14.3 Å². The van der Waals surface area contributed by atoms with Gasteiger partial charge in [-0.2, -0.15) is 0 Å². The molecule has 0 saturated heterocycles. The fourth-order valence-electron chi connectivity index (χ4n) is 2.16. The second kappa shape index (κ2) is 9.40. The van der Waals surface area contributed by atoms with Crippen LogP contribution in [0.25, 0.3) is 6.08 Å². The van der Waals surface area contributed by atoms with Crippen LogP contribution in [0.1, 0.15) is 5.56 Å².